The Labute approximate surface area is 84.7 Å². The van der Waals surface area contributed by atoms with Crippen LogP contribution in [0.3, 0.4) is 0 Å². The molecule has 2 saturated carbocycles. The molecule has 0 heterocycles. The Hall–Kier alpha value is -0.970. The van der Waals surface area contributed by atoms with Crippen LogP contribution in [-0.4, -0.2) is 11.1 Å². The molecule has 1 N–H and O–H groups in total. The highest BCUT2D eigenvalue weighted by Gasteiger charge is 2.43. The summed E-state index contributed by atoms with van der Waals surface area (Å²) in [5.74, 6) is 4.45. The molecule has 0 aliphatic heterocycles. The summed E-state index contributed by atoms with van der Waals surface area (Å²) in [4.78, 5) is 10.2. The monoisotopic (exact) mass is 192 g/mol. The molecule has 0 radical (unpaired) electrons. The lowest BCUT2D eigenvalue weighted by Crippen LogP contribution is -2.38. The van der Waals surface area contributed by atoms with Gasteiger partial charge in [-0.15, -0.1) is 0 Å². The molecule has 0 saturated heterocycles. The molecule has 0 aromatic rings. The van der Waals surface area contributed by atoms with Crippen molar-refractivity contribution < 1.29 is 9.90 Å². The van der Waals surface area contributed by atoms with E-state index in [1.165, 1.54) is 32.1 Å². The number of carbonyl (C=O) groups is 1. The van der Waals surface area contributed by atoms with Crippen molar-refractivity contribution in [2.45, 2.75) is 44.9 Å². The zero-order chi connectivity index (χ0) is 10.0. The van der Waals surface area contributed by atoms with E-state index in [1.54, 1.807) is 0 Å². The summed E-state index contributed by atoms with van der Waals surface area (Å²) in [5, 5.41) is 8.41. The van der Waals surface area contributed by atoms with E-state index in [4.69, 9.17) is 5.11 Å². The van der Waals surface area contributed by atoms with E-state index in [0.29, 0.717) is 11.3 Å². The first-order chi connectivity index (χ1) is 6.70. The molecule has 2 aliphatic carbocycles. The molecular weight excluding hydrogens is 176 g/mol. The number of rotatable bonds is 0. The van der Waals surface area contributed by atoms with Crippen LogP contribution < -0.4 is 0 Å². The second kappa shape index (κ2) is 3.65. The SMILES string of the molecule is O=C(O)C#CC1CC2(CCCCC2)C1. The van der Waals surface area contributed by atoms with Crippen LogP contribution in [0, 0.1) is 23.2 Å². The van der Waals surface area contributed by atoms with Gasteiger partial charge in [0.15, 0.2) is 0 Å². The Morgan fingerprint density at radius 1 is 1.21 bits per heavy atom. The van der Waals surface area contributed by atoms with Gasteiger partial charge in [0.1, 0.15) is 0 Å². The van der Waals surface area contributed by atoms with Gasteiger partial charge in [-0.05, 0) is 31.1 Å². The van der Waals surface area contributed by atoms with E-state index in [-0.39, 0.29) is 0 Å². The quantitative estimate of drug-likeness (QED) is 0.598. The summed E-state index contributed by atoms with van der Waals surface area (Å²) in [6.45, 7) is 0. The molecule has 0 unspecified atom stereocenters. The lowest BCUT2D eigenvalue weighted by Gasteiger charge is -2.48. The first-order valence-corrected chi connectivity index (χ1v) is 5.45. The topological polar surface area (TPSA) is 37.3 Å². The minimum absolute atomic E-state index is 0.365. The van der Waals surface area contributed by atoms with Gasteiger partial charge >= 0.3 is 5.97 Å². The van der Waals surface area contributed by atoms with Gasteiger partial charge in [-0.1, -0.05) is 25.2 Å². The average Bonchev–Trinajstić information content (AvgIpc) is 2.12. The predicted molar refractivity (Wildman–Crippen MR) is 53.7 cm³/mol. The van der Waals surface area contributed by atoms with Crippen molar-refractivity contribution in [1.82, 2.24) is 0 Å². The van der Waals surface area contributed by atoms with E-state index in [0.717, 1.165) is 12.8 Å². The summed E-state index contributed by atoms with van der Waals surface area (Å²) >= 11 is 0. The van der Waals surface area contributed by atoms with Crippen molar-refractivity contribution in [3.05, 3.63) is 0 Å². The molecule has 14 heavy (non-hydrogen) atoms. The third-order valence-electron chi connectivity index (χ3n) is 3.66. The Morgan fingerprint density at radius 2 is 1.86 bits per heavy atom. The van der Waals surface area contributed by atoms with E-state index < -0.39 is 5.97 Å². The first kappa shape index (κ1) is 9.58. The molecule has 2 aliphatic rings. The lowest BCUT2D eigenvalue weighted by molar-refractivity contribution is -0.130. The summed E-state index contributed by atoms with van der Waals surface area (Å²) in [6.07, 6.45) is 9.09. The maximum atomic E-state index is 10.2. The van der Waals surface area contributed by atoms with Crippen LogP contribution in [0.4, 0.5) is 0 Å². The van der Waals surface area contributed by atoms with Crippen molar-refractivity contribution >= 4 is 5.97 Å². The molecular formula is C12H16O2. The normalized spacial score (nSPS) is 24.9. The number of aliphatic carboxylic acids is 1. The van der Waals surface area contributed by atoms with Crippen molar-refractivity contribution in [2.75, 3.05) is 0 Å². The molecule has 76 valence electrons. The van der Waals surface area contributed by atoms with Gasteiger partial charge in [-0.25, -0.2) is 4.79 Å². The minimum Gasteiger partial charge on any atom is -0.472 e. The van der Waals surface area contributed by atoms with Crippen LogP contribution in [0.5, 0.6) is 0 Å². The van der Waals surface area contributed by atoms with Gasteiger partial charge in [-0.2, -0.15) is 0 Å². The van der Waals surface area contributed by atoms with E-state index in [9.17, 15) is 4.79 Å². The third-order valence-corrected chi connectivity index (χ3v) is 3.66. The van der Waals surface area contributed by atoms with Crippen molar-refractivity contribution in [2.24, 2.45) is 11.3 Å². The summed E-state index contributed by atoms with van der Waals surface area (Å²) in [7, 11) is 0. The van der Waals surface area contributed by atoms with Crippen molar-refractivity contribution in [3.63, 3.8) is 0 Å². The molecule has 0 aromatic heterocycles. The van der Waals surface area contributed by atoms with Gasteiger partial charge in [0.05, 0.1) is 0 Å². The fraction of sp³-hybridized carbons (Fsp3) is 0.750. The second-order valence-electron chi connectivity index (χ2n) is 4.74. The standard InChI is InChI=1S/C12H16O2/c13-11(14)5-4-10-8-12(9-10)6-2-1-3-7-12/h10H,1-3,6-9H2,(H,13,14). The lowest BCUT2D eigenvalue weighted by atomic mass is 9.56. The maximum absolute atomic E-state index is 10.2. The molecule has 2 fully saturated rings. The Kier molecular flexibility index (Phi) is 2.50. The molecule has 0 amide bonds. The van der Waals surface area contributed by atoms with Crippen LogP contribution in [0.2, 0.25) is 0 Å². The third kappa shape index (κ3) is 1.92. The highest BCUT2D eigenvalue weighted by atomic mass is 16.4. The van der Waals surface area contributed by atoms with Crippen molar-refractivity contribution in [1.29, 1.82) is 0 Å². The zero-order valence-corrected chi connectivity index (χ0v) is 8.38. The molecule has 2 rings (SSSR count). The maximum Gasteiger partial charge on any atom is 0.381 e. The summed E-state index contributed by atoms with van der Waals surface area (Å²) in [5.41, 5.74) is 0.566. The summed E-state index contributed by atoms with van der Waals surface area (Å²) in [6, 6.07) is 0. The second-order valence-corrected chi connectivity index (χ2v) is 4.74. The Bertz CT molecular complexity index is 281. The van der Waals surface area contributed by atoms with Gasteiger partial charge in [-0.3, -0.25) is 0 Å². The fourth-order valence-electron chi connectivity index (χ4n) is 2.96. The van der Waals surface area contributed by atoms with Gasteiger partial charge in [0.2, 0.25) is 0 Å². The van der Waals surface area contributed by atoms with Crippen LogP contribution in [0.15, 0.2) is 0 Å². The Balaban J connectivity index is 1.84. The number of hydrogen-bond donors (Lipinski definition) is 1. The van der Waals surface area contributed by atoms with Gasteiger partial charge < -0.3 is 5.11 Å². The molecule has 2 heteroatoms. The number of hydrogen-bond acceptors (Lipinski definition) is 1. The van der Waals surface area contributed by atoms with Crippen LogP contribution in [0.1, 0.15) is 44.9 Å². The number of carboxylic acid groups (broad SMARTS) is 1. The Morgan fingerprint density at radius 3 is 2.43 bits per heavy atom. The van der Waals surface area contributed by atoms with E-state index >= 15 is 0 Å². The van der Waals surface area contributed by atoms with E-state index in [1.807, 2.05) is 0 Å². The van der Waals surface area contributed by atoms with Gasteiger partial charge in [0.25, 0.3) is 0 Å². The molecule has 2 nitrogen and oxygen atoms in total. The highest BCUT2D eigenvalue weighted by molar-refractivity contribution is 5.86. The minimum atomic E-state index is -0.991. The number of carboxylic acids is 1. The average molecular weight is 192 g/mol. The molecule has 0 atom stereocenters. The predicted octanol–water partition coefficient (Wildman–Crippen LogP) is 2.43. The zero-order valence-electron chi connectivity index (χ0n) is 8.38. The highest BCUT2D eigenvalue weighted by Crippen LogP contribution is 2.54. The molecule has 1 spiro atoms. The summed E-state index contributed by atoms with van der Waals surface area (Å²) < 4.78 is 0. The van der Waals surface area contributed by atoms with Gasteiger partial charge in [0, 0.05) is 11.8 Å². The fourth-order valence-corrected chi connectivity index (χ4v) is 2.96. The largest absolute Gasteiger partial charge is 0.472 e. The smallest absolute Gasteiger partial charge is 0.381 e. The first-order valence-electron chi connectivity index (χ1n) is 5.45. The molecule has 0 aromatic carbocycles. The van der Waals surface area contributed by atoms with E-state index in [2.05, 4.69) is 11.8 Å². The molecule has 0 bridgehead atoms. The van der Waals surface area contributed by atoms with Crippen LogP contribution >= 0.6 is 0 Å². The van der Waals surface area contributed by atoms with Crippen LogP contribution in [-0.2, 0) is 4.79 Å². The van der Waals surface area contributed by atoms with Crippen LogP contribution in [0.25, 0.3) is 0 Å². The van der Waals surface area contributed by atoms with Crippen molar-refractivity contribution in [3.8, 4) is 11.8 Å².